The largest absolute Gasteiger partial charge is 0.545 e. The van der Waals surface area contributed by atoms with Gasteiger partial charge in [-0.3, -0.25) is 25.0 Å². The van der Waals surface area contributed by atoms with Crippen molar-refractivity contribution < 1.29 is 19.7 Å². The topological polar surface area (TPSA) is 172 Å². The first-order valence-electron chi connectivity index (χ1n) is 4.44. The normalized spacial score (nSPS) is 10.4. The molecule has 0 aliphatic heterocycles. The van der Waals surface area contributed by atoms with E-state index in [1.807, 2.05) is 0 Å². The van der Waals surface area contributed by atoms with Gasteiger partial charge in [0, 0.05) is 11.3 Å². The Bertz CT molecular complexity index is 356. The number of nitrogens with zero attached hydrogens (tertiary/aromatic N) is 5. The van der Waals surface area contributed by atoms with Crippen LogP contribution in [0, 0.1) is 20.2 Å². The van der Waals surface area contributed by atoms with Crippen LogP contribution in [-0.2, 0) is 4.79 Å². The van der Waals surface area contributed by atoms with Crippen LogP contribution in [-0.4, -0.2) is 26.7 Å². The number of azide groups is 1. The first kappa shape index (κ1) is 14.6. The first-order valence-corrected chi connectivity index (χ1v) is 4.44. The third-order valence-electron chi connectivity index (χ3n) is 1.94. The van der Waals surface area contributed by atoms with Crippen LogP contribution in [0.15, 0.2) is 5.11 Å². The number of carbonyl (C=O) groups is 1. The van der Waals surface area contributed by atoms with Crippen LogP contribution < -0.4 is 0 Å². The summed E-state index contributed by atoms with van der Waals surface area (Å²) >= 11 is 0. The van der Waals surface area contributed by atoms with Gasteiger partial charge in [0.15, 0.2) is 0 Å². The Hall–Kier alpha value is -2.42. The number of nitro groups is 2. The maximum atomic E-state index is 10.6. The van der Waals surface area contributed by atoms with Crippen molar-refractivity contribution in [3.63, 3.8) is 0 Å². The van der Waals surface area contributed by atoms with E-state index in [9.17, 15) is 25.0 Å². The zero-order chi connectivity index (χ0) is 13.5. The van der Waals surface area contributed by atoms with Gasteiger partial charge in [-0.2, -0.15) is 0 Å². The molecule has 0 aliphatic carbocycles. The standard InChI is InChI=1S/C6H9N5O6/c7-9-8-6(10(14)15,11(16)17)4-2-1-3-5(12)13/h1-4H2,(H,12,13). The minimum atomic E-state index is -2.95. The maximum absolute atomic E-state index is 10.6. The van der Waals surface area contributed by atoms with Crippen molar-refractivity contribution in [3.8, 4) is 0 Å². The molecule has 0 radical (unpaired) electrons. The Morgan fingerprint density at radius 1 is 1.35 bits per heavy atom. The number of carboxylic acid groups (broad SMARTS) is 1. The van der Waals surface area contributed by atoms with Crippen molar-refractivity contribution in [1.29, 1.82) is 0 Å². The summed E-state index contributed by atoms with van der Waals surface area (Å²) in [6, 6.07) is 0. The second kappa shape index (κ2) is 6.23. The number of aliphatic carboxylic acids is 1. The lowest BCUT2D eigenvalue weighted by Crippen LogP contribution is -2.43. The summed E-state index contributed by atoms with van der Waals surface area (Å²) in [6.45, 7) is 0. The lowest BCUT2D eigenvalue weighted by Gasteiger charge is -2.10. The molecule has 0 aromatic rings. The van der Waals surface area contributed by atoms with Gasteiger partial charge in [-0.15, -0.1) is 0 Å². The van der Waals surface area contributed by atoms with Crippen molar-refractivity contribution >= 4 is 5.97 Å². The van der Waals surface area contributed by atoms with Crippen LogP contribution in [0.5, 0.6) is 0 Å². The fraction of sp³-hybridized carbons (Fsp3) is 0.833. The second-order valence-corrected chi connectivity index (χ2v) is 3.08. The molecular weight excluding hydrogens is 238 g/mol. The van der Waals surface area contributed by atoms with Crippen LogP contribution >= 0.6 is 0 Å². The lowest BCUT2D eigenvalue weighted by molar-refractivity contribution is -0.796. The maximum Gasteiger partial charge on any atom is 0.545 e. The van der Waals surface area contributed by atoms with Crippen molar-refractivity contribution in [2.45, 2.75) is 31.5 Å². The third-order valence-corrected chi connectivity index (χ3v) is 1.94. The second-order valence-electron chi connectivity index (χ2n) is 3.08. The SMILES string of the molecule is [N-]=[N+]=NC(CCCCC(=O)O)([N+](=O)[O-])[N+](=O)[O-]. The summed E-state index contributed by atoms with van der Waals surface area (Å²) in [4.78, 5) is 30.8. The highest BCUT2D eigenvalue weighted by molar-refractivity contribution is 5.66. The average Bonchev–Trinajstić information content (AvgIpc) is 2.21. The highest BCUT2D eigenvalue weighted by Gasteiger charge is 2.55. The molecule has 11 nitrogen and oxygen atoms in total. The van der Waals surface area contributed by atoms with E-state index in [0.717, 1.165) is 0 Å². The molecule has 11 heteroatoms. The van der Waals surface area contributed by atoms with Gasteiger partial charge < -0.3 is 5.11 Å². The van der Waals surface area contributed by atoms with E-state index in [4.69, 9.17) is 10.6 Å². The van der Waals surface area contributed by atoms with E-state index in [1.54, 1.807) is 0 Å². The van der Waals surface area contributed by atoms with Crippen LogP contribution in [0.1, 0.15) is 25.7 Å². The summed E-state index contributed by atoms with van der Waals surface area (Å²) in [5, 5.41) is 32.0. The fourth-order valence-electron chi connectivity index (χ4n) is 1.08. The minimum Gasteiger partial charge on any atom is -0.481 e. The van der Waals surface area contributed by atoms with Crippen molar-refractivity contribution in [2.75, 3.05) is 0 Å². The van der Waals surface area contributed by atoms with Crippen molar-refractivity contribution in [1.82, 2.24) is 0 Å². The van der Waals surface area contributed by atoms with E-state index in [0.29, 0.717) is 0 Å². The highest BCUT2D eigenvalue weighted by atomic mass is 16.7. The van der Waals surface area contributed by atoms with E-state index in [2.05, 4.69) is 10.0 Å². The number of hydrogen-bond donors (Lipinski definition) is 1. The first-order chi connectivity index (χ1) is 7.86. The number of rotatable bonds is 8. The van der Waals surface area contributed by atoms with Gasteiger partial charge in [-0.1, -0.05) is 0 Å². The third kappa shape index (κ3) is 3.91. The van der Waals surface area contributed by atoms with Gasteiger partial charge in [0.2, 0.25) is 0 Å². The van der Waals surface area contributed by atoms with E-state index >= 15 is 0 Å². The molecule has 0 unspecified atom stereocenters. The van der Waals surface area contributed by atoms with Crippen LogP contribution in [0.25, 0.3) is 10.4 Å². The van der Waals surface area contributed by atoms with Crippen molar-refractivity contribution in [2.24, 2.45) is 5.11 Å². The summed E-state index contributed by atoms with van der Waals surface area (Å²) in [6.07, 6.45) is -0.987. The average molecular weight is 247 g/mol. The summed E-state index contributed by atoms with van der Waals surface area (Å²) in [5.74, 6) is -4.06. The van der Waals surface area contributed by atoms with Crippen LogP contribution in [0.2, 0.25) is 0 Å². The van der Waals surface area contributed by atoms with Gasteiger partial charge in [0.05, 0.1) is 11.5 Å². The molecule has 0 fully saturated rings. The minimum absolute atomic E-state index is 0.0275. The lowest BCUT2D eigenvalue weighted by atomic mass is 10.1. The predicted molar refractivity (Wildman–Crippen MR) is 52.0 cm³/mol. The highest BCUT2D eigenvalue weighted by Crippen LogP contribution is 2.22. The Labute approximate surface area is 94.0 Å². The van der Waals surface area contributed by atoms with Crippen LogP contribution in [0.4, 0.5) is 0 Å². The smallest absolute Gasteiger partial charge is 0.481 e. The molecule has 0 heterocycles. The molecular formula is C6H9N5O6. The molecule has 0 atom stereocenters. The van der Waals surface area contributed by atoms with E-state index < -0.39 is 28.0 Å². The van der Waals surface area contributed by atoms with Gasteiger partial charge in [0.1, 0.15) is 9.85 Å². The quantitative estimate of drug-likeness (QED) is 0.128. The zero-order valence-corrected chi connectivity index (χ0v) is 8.55. The molecule has 94 valence electrons. The van der Waals surface area contributed by atoms with E-state index in [-0.39, 0.29) is 19.3 Å². The van der Waals surface area contributed by atoms with Crippen molar-refractivity contribution in [3.05, 3.63) is 30.7 Å². The van der Waals surface area contributed by atoms with E-state index in [1.165, 1.54) is 0 Å². The molecule has 0 aromatic carbocycles. The molecule has 0 aromatic heterocycles. The Kier molecular flexibility index (Phi) is 5.34. The van der Waals surface area contributed by atoms with Gasteiger partial charge in [0.25, 0.3) is 0 Å². The van der Waals surface area contributed by atoms with Crippen LogP contribution in [0.3, 0.4) is 0 Å². The number of carboxylic acids is 1. The molecule has 17 heavy (non-hydrogen) atoms. The van der Waals surface area contributed by atoms with Gasteiger partial charge >= 0.3 is 11.8 Å². The summed E-state index contributed by atoms with van der Waals surface area (Å²) < 4.78 is 0. The molecule has 0 aliphatic rings. The fourth-order valence-corrected chi connectivity index (χ4v) is 1.08. The Morgan fingerprint density at radius 3 is 2.24 bits per heavy atom. The van der Waals surface area contributed by atoms with Gasteiger partial charge in [-0.25, -0.2) is 0 Å². The number of unbranched alkanes of at least 4 members (excludes halogenated alkanes) is 1. The Balaban J connectivity index is 4.71. The molecule has 0 bridgehead atoms. The molecule has 0 rings (SSSR count). The number of hydrogen-bond acceptors (Lipinski definition) is 6. The predicted octanol–water partition coefficient (Wildman–Crippen LogP) is 1.15. The molecule has 0 spiro atoms. The van der Waals surface area contributed by atoms with Gasteiger partial charge in [-0.05, 0) is 18.4 Å². The molecule has 0 saturated carbocycles. The zero-order valence-electron chi connectivity index (χ0n) is 8.55. The molecule has 0 saturated heterocycles. The molecule has 0 amide bonds. The Morgan fingerprint density at radius 2 is 1.88 bits per heavy atom. The summed E-state index contributed by atoms with van der Waals surface area (Å²) in [5.41, 5.74) is 8.10. The summed E-state index contributed by atoms with van der Waals surface area (Å²) in [7, 11) is 0. The monoisotopic (exact) mass is 247 g/mol. The molecule has 1 N–H and O–H groups in total.